The molecular formula is C25H41N2O5S-. The summed E-state index contributed by atoms with van der Waals surface area (Å²) in [5, 5.41) is 14.2. The van der Waals surface area contributed by atoms with Crippen molar-refractivity contribution in [3.8, 4) is 0 Å². The largest absolute Gasteiger partial charge is 0.548 e. The number of ether oxygens (including phenoxy) is 1. The number of fused-ring (bicyclic) bond motifs is 1. The number of amides is 2. The monoisotopic (exact) mass is 481 g/mol. The second-order valence-corrected chi connectivity index (χ2v) is 13.1. The number of hydrogen-bond donors (Lipinski definition) is 1. The SMILES string of the molecule is CCCCC(C)(OC1CC(C)CCC1C(C)C)C(=O)NC1C(=O)N2C1SC(C)(C)C2C(=O)[O-]. The maximum atomic E-state index is 13.6. The van der Waals surface area contributed by atoms with Gasteiger partial charge in [0, 0.05) is 4.75 Å². The first-order valence-corrected chi connectivity index (χ1v) is 13.4. The summed E-state index contributed by atoms with van der Waals surface area (Å²) < 4.78 is 5.98. The van der Waals surface area contributed by atoms with Gasteiger partial charge >= 0.3 is 0 Å². The van der Waals surface area contributed by atoms with Gasteiger partial charge in [-0.25, -0.2) is 0 Å². The molecule has 3 aliphatic rings. The van der Waals surface area contributed by atoms with E-state index in [0.29, 0.717) is 24.2 Å². The number of rotatable bonds is 9. The zero-order valence-corrected chi connectivity index (χ0v) is 22.0. The van der Waals surface area contributed by atoms with Gasteiger partial charge in [0.05, 0.1) is 18.1 Å². The Balaban J connectivity index is 1.76. The minimum Gasteiger partial charge on any atom is -0.548 e. The van der Waals surface area contributed by atoms with Gasteiger partial charge in [0.15, 0.2) is 0 Å². The molecule has 0 spiro atoms. The third-order valence-electron chi connectivity index (χ3n) is 7.81. The van der Waals surface area contributed by atoms with Gasteiger partial charge in [-0.2, -0.15) is 0 Å². The Kier molecular flexibility index (Phi) is 7.79. The molecular weight excluding hydrogens is 440 g/mol. The van der Waals surface area contributed by atoms with Crippen molar-refractivity contribution in [1.82, 2.24) is 10.2 Å². The quantitative estimate of drug-likeness (QED) is 0.509. The Labute approximate surface area is 202 Å². The molecule has 0 aromatic rings. The van der Waals surface area contributed by atoms with Gasteiger partial charge < -0.3 is 24.9 Å². The predicted molar refractivity (Wildman–Crippen MR) is 127 cm³/mol. The second kappa shape index (κ2) is 9.76. The van der Waals surface area contributed by atoms with Crippen molar-refractivity contribution in [1.29, 1.82) is 0 Å². The smallest absolute Gasteiger partial charge is 0.252 e. The molecule has 3 rings (SSSR count). The van der Waals surface area contributed by atoms with Crippen LogP contribution in [0.4, 0.5) is 0 Å². The fourth-order valence-corrected chi connectivity index (χ4v) is 7.37. The highest BCUT2D eigenvalue weighted by molar-refractivity contribution is 8.01. The number of unbranched alkanes of at least 4 members (excludes halogenated alkanes) is 1. The van der Waals surface area contributed by atoms with E-state index in [4.69, 9.17) is 4.74 Å². The van der Waals surface area contributed by atoms with Crippen LogP contribution in [0.5, 0.6) is 0 Å². The summed E-state index contributed by atoms with van der Waals surface area (Å²) in [7, 11) is 0. The molecule has 33 heavy (non-hydrogen) atoms. The lowest BCUT2D eigenvalue weighted by atomic mass is 9.75. The zero-order valence-electron chi connectivity index (χ0n) is 21.2. The van der Waals surface area contributed by atoms with Crippen molar-refractivity contribution in [3.63, 3.8) is 0 Å². The van der Waals surface area contributed by atoms with Gasteiger partial charge in [-0.05, 0) is 57.8 Å². The Morgan fingerprint density at radius 1 is 1.33 bits per heavy atom. The van der Waals surface area contributed by atoms with Crippen LogP contribution < -0.4 is 10.4 Å². The van der Waals surface area contributed by atoms with Gasteiger partial charge in [0.1, 0.15) is 17.0 Å². The first-order valence-electron chi connectivity index (χ1n) is 12.5. The average molecular weight is 482 g/mol. The van der Waals surface area contributed by atoms with Crippen LogP contribution in [0, 0.1) is 17.8 Å². The molecule has 0 aromatic heterocycles. The fraction of sp³-hybridized carbons (Fsp3) is 0.880. The number of hydrogen-bond acceptors (Lipinski definition) is 6. The lowest BCUT2D eigenvalue weighted by Crippen LogP contribution is -2.73. The summed E-state index contributed by atoms with van der Waals surface area (Å²) in [4.78, 5) is 39.5. The van der Waals surface area contributed by atoms with E-state index in [1.807, 2.05) is 6.92 Å². The third-order valence-corrected chi connectivity index (χ3v) is 9.38. The topological polar surface area (TPSA) is 98.8 Å². The molecule has 2 saturated heterocycles. The van der Waals surface area contributed by atoms with Crippen LogP contribution >= 0.6 is 11.8 Å². The summed E-state index contributed by atoms with van der Waals surface area (Å²) in [6.07, 6.45) is 5.61. The highest BCUT2D eigenvalue weighted by Crippen LogP contribution is 2.50. The number of nitrogens with one attached hydrogen (secondary N) is 1. The summed E-state index contributed by atoms with van der Waals surface area (Å²) in [6.45, 7) is 14.2. The number of carbonyl (C=O) groups excluding carboxylic acids is 3. The van der Waals surface area contributed by atoms with Crippen LogP contribution in [0.2, 0.25) is 0 Å². The Bertz CT molecular complexity index is 772. The lowest BCUT2D eigenvalue weighted by Gasteiger charge is -2.47. The minimum atomic E-state index is -1.25. The maximum absolute atomic E-state index is 13.6. The summed E-state index contributed by atoms with van der Waals surface area (Å²) in [5.41, 5.74) is -1.03. The molecule has 8 heteroatoms. The molecule has 0 radical (unpaired) electrons. The molecule has 7 nitrogen and oxygen atoms in total. The van der Waals surface area contributed by atoms with Crippen LogP contribution in [0.25, 0.3) is 0 Å². The van der Waals surface area contributed by atoms with Crippen LogP contribution in [0.3, 0.4) is 0 Å². The normalized spacial score (nSPS) is 35.0. The van der Waals surface area contributed by atoms with Gasteiger partial charge in [0.25, 0.3) is 5.91 Å². The molecule has 7 atom stereocenters. The van der Waals surface area contributed by atoms with Gasteiger partial charge in [-0.15, -0.1) is 11.8 Å². The van der Waals surface area contributed by atoms with Crippen LogP contribution in [0.1, 0.15) is 87.0 Å². The molecule has 0 bridgehead atoms. The summed E-state index contributed by atoms with van der Waals surface area (Å²) in [6, 6.07) is -1.73. The van der Waals surface area contributed by atoms with Crippen molar-refractivity contribution in [2.45, 2.75) is 121 Å². The lowest BCUT2D eigenvalue weighted by molar-refractivity contribution is -0.312. The second-order valence-electron chi connectivity index (χ2n) is 11.3. The van der Waals surface area contributed by atoms with Gasteiger partial charge in [0.2, 0.25) is 5.91 Å². The summed E-state index contributed by atoms with van der Waals surface area (Å²) in [5.74, 6) is -0.443. The third kappa shape index (κ3) is 5.07. The van der Waals surface area contributed by atoms with E-state index in [2.05, 4.69) is 33.0 Å². The molecule has 1 aliphatic carbocycles. The van der Waals surface area contributed by atoms with Crippen molar-refractivity contribution in [2.24, 2.45) is 17.8 Å². The summed E-state index contributed by atoms with van der Waals surface area (Å²) >= 11 is 1.41. The Morgan fingerprint density at radius 2 is 2.00 bits per heavy atom. The number of nitrogens with zero attached hydrogens (tertiary/aromatic N) is 1. The number of carbonyl (C=O) groups is 3. The standard InChI is InChI=1S/C25H42N2O5S/c1-8-9-12-25(7,32-17-13-15(4)10-11-16(17)14(2)3)23(31)26-18-20(28)27-19(22(29)30)24(5,6)33-21(18)27/h14-19,21H,8-13H2,1-7H3,(H,26,31)(H,29,30)/p-1. The van der Waals surface area contributed by atoms with E-state index in [0.717, 1.165) is 25.7 Å². The van der Waals surface area contributed by atoms with Crippen molar-refractivity contribution < 1.29 is 24.2 Å². The number of aliphatic carboxylic acids is 1. The predicted octanol–water partition coefficient (Wildman–Crippen LogP) is 2.71. The van der Waals surface area contributed by atoms with Crippen LogP contribution in [0.15, 0.2) is 0 Å². The number of carboxylic acid groups (broad SMARTS) is 1. The molecule has 7 unspecified atom stereocenters. The number of carboxylic acids is 1. The Hall–Kier alpha value is -1.28. The molecule has 2 aliphatic heterocycles. The Morgan fingerprint density at radius 3 is 2.58 bits per heavy atom. The highest BCUT2D eigenvalue weighted by atomic mass is 32.2. The molecule has 1 saturated carbocycles. The molecule has 2 amide bonds. The number of thioether (sulfide) groups is 1. The fourth-order valence-electron chi connectivity index (χ4n) is 5.74. The van der Waals surface area contributed by atoms with E-state index in [9.17, 15) is 19.5 Å². The minimum absolute atomic E-state index is 0.0113. The van der Waals surface area contributed by atoms with Crippen molar-refractivity contribution in [3.05, 3.63) is 0 Å². The van der Waals surface area contributed by atoms with Gasteiger partial charge in [-0.1, -0.05) is 47.0 Å². The first-order chi connectivity index (χ1) is 15.3. The van der Waals surface area contributed by atoms with E-state index >= 15 is 0 Å². The maximum Gasteiger partial charge on any atom is 0.252 e. The van der Waals surface area contributed by atoms with E-state index in [-0.39, 0.29) is 17.9 Å². The molecule has 188 valence electrons. The van der Waals surface area contributed by atoms with Gasteiger partial charge in [-0.3, -0.25) is 9.59 Å². The van der Waals surface area contributed by atoms with Crippen LogP contribution in [-0.4, -0.2) is 56.6 Å². The molecule has 0 aromatic carbocycles. The van der Waals surface area contributed by atoms with E-state index in [1.54, 1.807) is 13.8 Å². The molecule has 2 heterocycles. The highest BCUT2D eigenvalue weighted by Gasteiger charge is 2.62. The van der Waals surface area contributed by atoms with Crippen molar-refractivity contribution >= 4 is 29.5 Å². The number of β-lactam (4-membered cyclic amide) rings is 1. The zero-order chi connectivity index (χ0) is 24.7. The average Bonchev–Trinajstić information content (AvgIpc) is 2.98. The molecule has 3 fully saturated rings. The van der Waals surface area contributed by atoms with Crippen LogP contribution in [-0.2, 0) is 19.1 Å². The van der Waals surface area contributed by atoms with E-state index < -0.39 is 33.8 Å². The molecule has 1 N–H and O–H groups in total. The van der Waals surface area contributed by atoms with Crippen molar-refractivity contribution in [2.75, 3.05) is 0 Å². The van der Waals surface area contributed by atoms with E-state index in [1.165, 1.54) is 23.1 Å². The first kappa shape index (κ1) is 26.3.